The second-order valence-corrected chi connectivity index (χ2v) is 3.85. The van der Waals surface area contributed by atoms with Crippen molar-refractivity contribution >= 4 is 11.7 Å². The molecule has 0 spiro atoms. The summed E-state index contributed by atoms with van der Waals surface area (Å²) >= 11 is 0. The molecule has 0 aliphatic carbocycles. The van der Waals surface area contributed by atoms with Gasteiger partial charge in [-0.2, -0.15) is 0 Å². The third kappa shape index (κ3) is 3.64. The number of carbonyl (C=O) groups is 1. The molecule has 0 bridgehead atoms. The van der Waals surface area contributed by atoms with Crippen LogP contribution in [0.3, 0.4) is 0 Å². The van der Waals surface area contributed by atoms with Crippen LogP contribution < -0.4 is 5.32 Å². The van der Waals surface area contributed by atoms with Gasteiger partial charge in [-0.3, -0.25) is 4.79 Å². The Hall–Kier alpha value is -2.71. The van der Waals surface area contributed by atoms with Crippen molar-refractivity contribution in [3.8, 4) is 11.8 Å². The average molecular weight is 270 g/mol. The number of carbonyl (C=O) groups excluding carboxylic acids is 1. The van der Waals surface area contributed by atoms with Gasteiger partial charge in [-0.05, 0) is 30.3 Å². The van der Waals surface area contributed by atoms with Gasteiger partial charge < -0.3 is 10.4 Å². The first kappa shape index (κ1) is 13.7. The molecule has 1 amide bonds. The number of benzene rings is 1. The van der Waals surface area contributed by atoms with Gasteiger partial charge in [-0.25, -0.2) is 9.37 Å². The van der Waals surface area contributed by atoms with Gasteiger partial charge in [0.2, 0.25) is 0 Å². The third-order valence-electron chi connectivity index (χ3n) is 2.40. The van der Waals surface area contributed by atoms with Crippen LogP contribution in [0, 0.1) is 17.7 Å². The highest BCUT2D eigenvalue weighted by Gasteiger charge is 2.07. The molecule has 0 unspecified atom stereocenters. The minimum absolute atomic E-state index is 0.207. The third-order valence-corrected chi connectivity index (χ3v) is 2.40. The second-order valence-electron chi connectivity index (χ2n) is 3.85. The molecule has 0 fully saturated rings. The number of aromatic nitrogens is 1. The van der Waals surface area contributed by atoms with E-state index in [1.165, 1.54) is 24.4 Å². The minimum Gasteiger partial charge on any atom is -0.384 e. The summed E-state index contributed by atoms with van der Waals surface area (Å²) in [5.74, 6) is 4.58. The summed E-state index contributed by atoms with van der Waals surface area (Å²) in [5.41, 5.74) is 0.822. The molecular weight excluding hydrogens is 259 g/mol. The fourth-order valence-electron chi connectivity index (χ4n) is 1.54. The van der Waals surface area contributed by atoms with E-state index in [0.29, 0.717) is 11.4 Å². The maximum atomic E-state index is 13.0. The number of hydrogen-bond donors (Lipinski definition) is 2. The van der Waals surface area contributed by atoms with Gasteiger partial charge in [0.15, 0.2) is 0 Å². The van der Waals surface area contributed by atoms with Gasteiger partial charge in [0, 0.05) is 17.3 Å². The lowest BCUT2D eigenvalue weighted by molar-refractivity contribution is 0.102. The Labute approximate surface area is 115 Å². The number of pyridine rings is 1. The van der Waals surface area contributed by atoms with E-state index in [1.54, 1.807) is 12.1 Å². The standard InChI is InChI=1S/C15H11FN2O2/c16-13-5-1-4-12(10-13)15(20)18-14-9-11(3-2-8-19)6-7-17-14/h1,4-7,9-10,19H,8H2,(H,17,18,20). The van der Waals surface area contributed by atoms with Crippen molar-refractivity contribution in [2.24, 2.45) is 0 Å². The number of amides is 1. The first-order valence-electron chi connectivity index (χ1n) is 5.82. The van der Waals surface area contributed by atoms with Crippen LogP contribution in [0.25, 0.3) is 0 Å². The Morgan fingerprint density at radius 3 is 2.95 bits per heavy atom. The van der Waals surface area contributed by atoms with Crippen molar-refractivity contribution in [2.75, 3.05) is 11.9 Å². The lowest BCUT2D eigenvalue weighted by atomic mass is 10.2. The average Bonchev–Trinajstić information content (AvgIpc) is 2.45. The summed E-state index contributed by atoms with van der Waals surface area (Å²) in [4.78, 5) is 15.9. The summed E-state index contributed by atoms with van der Waals surface area (Å²) in [7, 11) is 0. The second kappa shape index (κ2) is 6.45. The molecule has 5 heteroatoms. The SMILES string of the molecule is O=C(Nc1cc(C#CCO)ccn1)c1cccc(F)c1. The van der Waals surface area contributed by atoms with Gasteiger partial charge >= 0.3 is 0 Å². The number of nitrogens with one attached hydrogen (secondary N) is 1. The molecule has 20 heavy (non-hydrogen) atoms. The molecule has 0 radical (unpaired) electrons. The van der Waals surface area contributed by atoms with Crippen molar-refractivity contribution in [1.82, 2.24) is 4.98 Å². The zero-order valence-electron chi connectivity index (χ0n) is 10.4. The van der Waals surface area contributed by atoms with Crippen LogP contribution in [0.15, 0.2) is 42.6 Å². The molecule has 0 saturated carbocycles. The summed E-state index contributed by atoms with van der Waals surface area (Å²) in [5, 5.41) is 11.2. The van der Waals surface area contributed by atoms with E-state index in [-0.39, 0.29) is 12.2 Å². The fraction of sp³-hybridized carbons (Fsp3) is 0.0667. The van der Waals surface area contributed by atoms with E-state index < -0.39 is 11.7 Å². The first-order chi connectivity index (χ1) is 9.69. The lowest BCUT2D eigenvalue weighted by Gasteiger charge is -2.04. The zero-order valence-corrected chi connectivity index (χ0v) is 10.4. The number of anilines is 1. The Bertz CT molecular complexity index is 690. The van der Waals surface area contributed by atoms with Crippen LogP contribution in [0.5, 0.6) is 0 Å². The number of aliphatic hydroxyl groups excluding tert-OH is 1. The van der Waals surface area contributed by atoms with Crippen LogP contribution >= 0.6 is 0 Å². The maximum absolute atomic E-state index is 13.0. The molecule has 2 aromatic rings. The highest BCUT2D eigenvalue weighted by atomic mass is 19.1. The van der Waals surface area contributed by atoms with E-state index in [0.717, 1.165) is 6.07 Å². The predicted octanol–water partition coefficient (Wildman–Crippen LogP) is 1.82. The van der Waals surface area contributed by atoms with Gasteiger partial charge in [-0.15, -0.1) is 0 Å². The van der Waals surface area contributed by atoms with E-state index in [1.807, 2.05) is 0 Å². The van der Waals surface area contributed by atoms with Gasteiger partial charge in [0.25, 0.3) is 5.91 Å². The summed E-state index contributed by atoms with van der Waals surface area (Å²) in [6.45, 7) is -0.243. The van der Waals surface area contributed by atoms with Crippen molar-refractivity contribution in [1.29, 1.82) is 0 Å². The highest BCUT2D eigenvalue weighted by molar-refractivity contribution is 6.03. The Kier molecular flexibility index (Phi) is 4.43. The molecule has 1 aromatic heterocycles. The fourth-order valence-corrected chi connectivity index (χ4v) is 1.54. The smallest absolute Gasteiger partial charge is 0.256 e. The molecule has 1 heterocycles. The Balaban J connectivity index is 2.15. The van der Waals surface area contributed by atoms with Gasteiger partial charge in [0.05, 0.1) is 0 Å². The number of halogens is 1. The molecule has 0 aliphatic heterocycles. The van der Waals surface area contributed by atoms with Crippen molar-refractivity contribution in [2.45, 2.75) is 0 Å². The van der Waals surface area contributed by atoms with Crippen LogP contribution in [0.2, 0.25) is 0 Å². The molecule has 2 rings (SSSR count). The van der Waals surface area contributed by atoms with Crippen LogP contribution in [-0.2, 0) is 0 Å². The number of aliphatic hydroxyl groups is 1. The van der Waals surface area contributed by atoms with Crippen LogP contribution in [0.4, 0.5) is 10.2 Å². The summed E-state index contributed by atoms with van der Waals surface area (Å²) in [6.07, 6.45) is 1.49. The molecular formula is C15H11FN2O2. The van der Waals surface area contributed by atoms with Crippen molar-refractivity contribution < 1.29 is 14.3 Å². The van der Waals surface area contributed by atoms with Gasteiger partial charge in [-0.1, -0.05) is 17.9 Å². The molecule has 0 atom stereocenters. The quantitative estimate of drug-likeness (QED) is 0.818. The first-order valence-corrected chi connectivity index (χ1v) is 5.82. The largest absolute Gasteiger partial charge is 0.384 e. The molecule has 0 saturated heterocycles. The molecule has 2 N–H and O–H groups in total. The molecule has 0 aliphatic rings. The van der Waals surface area contributed by atoms with E-state index in [2.05, 4.69) is 22.1 Å². The Morgan fingerprint density at radius 1 is 1.35 bits per heavy atom. The van der Waals surface area contributed by atoms with E-state index in [9.17, 15) is 9.18 Å². The van der Waals surface area contributed by atoms with E-state index >= 15 is 0 Å². The monoisotopic (exact) mass is 270 g/mol. The molecule has 4 nitrogen and oxygen atoms in total. The van der Waals surface area contributed by atoms with Crippen LogP contribution in [0.1, 0.15) is 15.9 Å². The van der Waals surface area contributed by atoms with Crippen LogP contribution in [-0.4, -0.2) is 22.6 Å². The molecule has 1 aromatic carbocycles. The minimum atomic E-state index is -0.479. The zero-order chi connectivity index (χ0) is 14.4. The molecule has 100 valence electrons. The maximum Gasteiger partial charge on any atom is 0.256 e. The number of nitrogens with zero attached hydrogens (tertiary/aromatic N) is 1. The van der Waals surface area contributed by atoms with Crippen molar-refractivity contribution in [3.05, 3.63) is 59.5 Å². The van der Waals surface area contributed by atoms with E-state index in [4.69, 9.17) is 5.11 Å². The summed E-state index contributed by atoms with van der Waals surface area (Å²) < 4.78 is 13.0. The number of rotatable bonds is 2. The predicted molar refractivity (Wildman–Crippen MR) is 72.6 cm³/mol. The topological polar surface area (TPSA) is 62.2 Å². The van der Waals surface area contributed by atoms with Gasteiger partial charge in [0.1, 0.15) is 18.2 Å². The highest BCUT2D eigenvalue weighted by Crippen LogP contribution is 2.09. The van der Waals surface area contributed by atoms with Crippen molar-refractivity contribution in [3.63, 3.8) is 0 Å². The summed E-state index contributed by atoms with van der Waals surface area (Å²) in [6, 6.07) is 8.60. The normalized spacial score (nSPS) is 9.50. The Morgan fingerprint density at radius 2 is 2.20 bits per heavy atom. The lowest BCUT2D eigenvalue weighted by Crippen LogP contribution is -2.13. The number of hydrogen-bond acceptors (Lipinski definition) is 3.